The molecule has 0 heterocycles. The first-order chi connectivity index (χ1) is 7.09. The van der Waals surface area contributed by atoms with Gasteiger partial charge in [0.2, 0.25) is 5.91 Å². The number of nitrogens with zero attached hydrogens (tertiary/aromatic N) is 1. The van der Waals surface area contributed by atoms with Crippen LogP contribution in [-0.2, 0) is 4.79 Å². The summed E-state index contributed by atoms with van der Waals surface area (Å²) < 4.78 is 0. The Bertz CT molecular complexity index is 262. The second-order valence-electron chi connectivity index (χ2n) is 6.22. The molecule has 0 aromatic carbocycles. The third-order valence-electron chi connectivity index (χ3n) is 5.19. The Morgan fingerprint density at radius 2 is 1.47 bits per heavy atom. The molecule has 0 radical (unpaired) electrons. The molecule has 4 aliphatic carbocycles. The highest BCUT2D eigenvalue weighted by Gasteiger charge is 2.53. The molecule has 15 heavy (non-hydrogen) atoms. The topological polar surface area (TPSA) is 20.3 Å². The van der Waals surface area contributed by atoms with Gasteiger partial charge in [0.05, 0.1) is 0 Å². The zero-order valence-corrected chi connectivity index (χ0v) is 9.83. The SMILES string of the molecule is CC(=O)N(C)C12CC3CC(CC(C3)C1)C2. The minimum absolute atomic E-state index is 0.261. The van der Waals surface area contributed by atoms with Gasteiger partial charge in [-0.25, -0.2) is 0 Å². The van der Waals surface area contributed by atoms with E-state index in [1.54, 1.807) is 6.92 Å². The minimum Gasteiger partial charge on any atom is -0.340 e. The molecule has 0 spiro atoms. The zero-order chi connectivity index (χ0) is 10.6. The van der Waals surface area contributed by atoms with Crippen LogP contribution in [0.3, 0.4) is 0 Å². The molecule has 1 amide bonds. The summed E-state index contributed by atoms with van der Waals surface area (Å²) in [6.07, 6.45) is 8.21. The Balaban J connectivity index is 1.89. The lowest BCUT2D eigenvalue weighted by Crippen LogP contribution is -2.59. The first-order valence-corrected chi connectivity index (χ1v) is 6.33. The van der Waals surface area contributed by atoms with Crippen LogP contribution in [0.5, 0.6) is 0 Å². The molecule has 0 aromatic heterocycles. The summed E-state index contributed by atoms with van der Waals surface area (Å²) >= 11 is 0. The van der Waals surface area contributed by atoms with Crippen LogP contribution >= 0.6 is 0 Å². The van der Waals surface area contributed by atoms with Gasteiger partial charge >= 0.3 is 0 Å². The molecule has 0 N–H and O–H groups in total. The van der Waals surface area contributed by atoms with Crippen LogP contribution in [0.25, 0.3) is 0 Å². The highest BCUT2D eigenvalue weighted by Crippen LogP contribution is 2.57. The van der Waals surface area contributed by atoms with E-state index in [0.717, 1.165) is 17.8 Å². The molecular formula is C13H21NO. The van der Waals surface area contributed by atoms with Gasteiger partial charge in [-0.3, -0.25) is 4.79 Å². The fourth-order valence-corrected chi connectivity index (χ4v) is 4.81. The van der Waals surface area contributed by atoms with Crippen LogP contribution in [0.4, 0.5) is 0 Å². The predicted octanol–water partition coefficient (Wildman–Crippen LogP) is 2.43. The molecule has 0 aromatic rings. The van der Waals surface area contributed by atoms with E-state index in [0.29, 0.717) is 0 Å². The smallest absolute Gasteiger partial charge is 0.219 e. The summed E-state index contributed by atoms with van der Waals surface area (Å²) in [5.74, 6) is 3.05. The van der Waals surface area contributed by atoms with Crippen molar-refractivity contribution in [3.05, 3.63) is 0 Å². The first kappa shape index (κ1) is 9.68. The van der Waals surface area contributed by atoms with E-state index < -0.39 is 0 Å². The molecule has 84 valence electrons. The number of carbonyl (C=O) groups is 1. The van der Waals surface area contributed by atoms with E-state index in [9.17, 15) is 4.79 Å². The zero-order valence-electron chi connectivity index (χ0n) is 9.83. The Labute approximate surface area is 92.0 Å². The average molecular weight is 207 g/mol. The lowest BCUT2D eigenvalue weighted by molar-refractivity contribution is -0.144. The number of carbonyl (C=O) groups excluding carboxylic acids is 1. The Hall–Kier alpha value is -0.530. The molecular weight excluding hydrogens is 186 g/mol. The van der Waals surface area contributed by atoms with Gasteiger partial charge < -0.3 is 4.90 Å². The summed E-state index contributed by atoms with van der Waals surface area (Å²) in [5.41, 5.74) is 0.264. The van der Waals surface area contributed by atoms with E-state index in [1.165, 1.54) is 38.5 Å². The minimum atomic E-state index is 0.261. The van der Waals surface area contributed by atoms with Crippen molar-refractivity contribution < 1.29 is 4.79 Å². The van der Waals surface area contributed by atoms with Gasteiger partial charge in [0, 0.05) is 19.5 Å². The predicted molar refractivity (Wildman–Crippen MR) is 59.3 cm³/mol. The molecule has 2 nitrogen and oxygen atoms in total. The Morgan fingerprint density at radius 3 is 1.80 bits per heavy atom. The molecule has 4 aliphatic rings. The third-order valence-corrected chi connectivity index (χ3v) is 5.19. The molecule has 0 saturated heterocycles. The standard InChI is InChI=1S/C13H21NO/c1-9(15)14(2)13-6-10-3-11(7-13)5-12(4-10)8-13/h10-12H,3-8H2,1-2H3. The quantitative estimate of drug-likeness (QED) is 0.646. The molecule has 2 heteroatoms. The van der Waals surface area contributed by atoms with Crippen molar-refractivity contribution in [1.29, 1.82) is 0 Å². The third kappa shape index (κ3) is 1.33. The van der Waals surface area contributed by atoms with Crippen molar-refractivity contribution in [2.75, 3.05) is 7.05 Å². The van der Waals surface area contributed by atoms with Gasteiger partial charge in [-0.1, -0.05) is 0 Å². The van der Waals surface area contributed by atoms with Crippen molar-refractivity contribution in [1.82, 2.24) is 4.90 Å². The van der Waals surface area contributed by atoms with Gasteiger partial charge in [0.1, 0.15) is 0 Å². The first-order valence-electron chi connectivity index (χ1n) is 6.33. The Kier molecular flexibility index (Phi) is 1.93. The summed E-state index contributed by atoms with van der Waals surface area (Å²) in [6.45, 7) is 1.72. The van der Waals surface area contributed by atoms with Gasteiger partial charge in [-0.15, -0.1) is 0 Å². The lowest BCUT2D eigenvalue weighted by Gasteiger charge is -2.59. The second kappa shape index (κ2) is 2.99. The lowest BCUT2D eigenvalue weighted by atomic mass is 9.52. The monoisotopic (exact) mass is 207 g/mol. The number of hydrogen-bond acceptors (Lipinski definition) is 1. The number of rotatable bonds is 1. The van der Waals surface area contributed by atoms with Crippen LogP contribution in [0.1, 0.15) is 45.4 Å². The highest BCUT2D eigenvalue weighted by atomic mass is 16.2. The number of amides is 1. The van der Waals surface area contributed by atoms with E-state index in [1.807, 2.05) is 7.05 Å². The molecule has 4 bridgehead atoms. The summed E-state index contributed by atoms with van der Waals surface area (Å²) in [4.78, 5) is 13.7. The maximum atomic E-state index is 11.6. The molecule has 4 fully saturated rings. The van der Waals surface area contributed by atoms with Gasteiger partial charge in [-0.2, -0.15) is 0 Å². The van der Waals surface area contributed by atoms with Crippen LogP contribution in [0, 0.1) is 17.8 Å². The maximum absolute atomic E-state index is 11.6. The summed E-state index contributed by atoms with van der Waals surface area (Å²) in [6, 6.07) is 0. The van der Waals surface area contributed by atoms with Crippen molar-refractivity contribution in [3.63, 3.8) is 0 Å². The molecule has 0 atom stereocenters. The van der Waals surface area contributed by atoms with Gasteiger partial charge in [0.15, 0.2) is 0 Å². The van der Waals surface area contributed by atoms with Crippen molar-refractivity contribution in [2.45, 2.75) is 51.0 Å². The fourth-order valence-electron chi connectivity index (χ4n) is 4.81. The van der Waals surface area contributed by atoms with Crippen molar-refractivity contribution in [3.8, 4) is 0 Å². The molecule has 0 unspecified atom stereocenters. The van der Waals surface area contributed by atoms with E-state index in [-0.39, 0.29) is 11.4 Å². The number of hydrogen-bond donors (Lipinski definition) is 0. The molecule has 0 aliphatic heterocycles. The highest BCUT2D eigenvalue weighted by molar-refractivity contribution is 5.74. The second-order valence-corrected chi connectivity index (χ2v) is 6.22. The van der Waals surface area contributed by atoms with Crippen LogP contribution in [-0.4, -0.2) is 23.4 Å². The van der Waals surface area contributed by atoms with Crippen LogP contribution in [0.15, 0.2) is 0 Å². The van der Waals surface area contributed by atoms with Gasteiger partial charge in [-0.05, 0) is 56.3 Å². The normalized spacial score (nSPS) is 46.9. The van der Waals surface area contributed by atoms with Crippen molar-refractivity contribution >= 4 is 5.91 Å². The molecule has 4 rings (SSSR count). The molecule has 4 saturated carbocycles. The van der Waals surface area contributed by atoms with Crippen LogP contribution < -0.4 is 0 Å². The maximum Gasteiger partial charge on any atom is 0.219 e. The summed E-state index contributed by atoms with van der Waals surface area (Å²) in [7, 11) is 2.02. The van der Waals surface area contributed by atoms with E-state index in [2.05, 4.69) is 4.90 Å². The van der Waals surface area contributed by atoms with Gasteiger partial charge in [0.25, 0.3) is 0 Å². The van der Waals surface area contributed by atoms with E-state index >= 15 is 0 Å². The van der Waals surface area contributed by atoms with Crippen molar-refractivity contribution in [2.24, 2.45) is 17.8 Å². The largest absolute Gasteiger partial charge is 0.340 e. The van der Waals surface area contributed by atoms with Crippen LogP contribution in [0.2, 0.25) is 0 Å². The van der Waals surface area contributed by atoms with E-state index in [4.69, 9.17) is 0 Å². The summed E-state index contributed by atoms with van der Waals surface area (Å²) in [5, 5.41) is 0. The average Bonchev–Trinajstić information content (AvgIpc) is 2.14. The fraction of sp³-hybridized carbons (Fsp3) is 0.923. The Morgan fingerprint density at radius 1 is 1.07 bits per heavy atom.